The van der Waals surface area contributed by atoms with E-state index in [-0.39, 0.29) is 0 Å². The fourth-order valence-corrected chi connectivity index (χ4v) is 4.99. The highest BCUT2D eigenvalue weighted by atomic mass is 15.2. The van der Waals surface area contributed by atoms with Crippen molar-refractivity contribution in [2.45, 2.75) is 93.0 Å². The molecule has 0 aromatic carbocycles. The maximum atomic E-state index is 2.92. The number of likely N-dealkylation sites (tertiary alicyclic amines) is 1. The van der Waals surface area contributed by atoms with Crippen molar-refractivity contribution in [1.82, 2.24) is 4.90 Å². The van der Waals surface area contributed by atoms with Gasteiger partial charge in [-0.2, -0.15) is 0 Å². The Morgan fingerprint density at radius 1 is 0.818 bits per heavy atom. The summed E-state index contributed by atoms with van der Waals surface area (Å²) in [5.74, 6) is 4.08. The van der Waals surface area contributed by atoms with E-state index in [1.807, 2.05) is 0 Å². The van der Waals surface area contributed by atoms with E-state index in [1.54, 1.807) is 0 Å². The first kappa shape index (κ1) is 20.0. The Labute approximate surface area is 141 Å². The first-order valence-electron chi connectivity index (χ1n) is 9.92. The third-order valence-electron chi connectivity index (χ3n) is 5.24. The second kappa shape index (κ2) is 8.71. The van der Waals surface area contributed by atoms with Gasteiger partial charge in [-0.15, -0.1) is 0 Å². The molecule has 0 N–H and O–H groups in total. The van der Waals surface area contributed by atoms with E-state index in [2.05, 4.69) is 60.3 Å². The van der Waals surface area contributed by atoms with E-state index < -0.39 is 0 Å². The zero-order valence-corrected chi connectivity index (χ0v) is 16.8. The van der Waals surface area contributed by atoms with Crippen molar-refractivity contribution >= 4 is 0 Å². The Balaban J connectivity index is 3.15. The summed E-state index contributed by atoms with van der Waals surface area (Å²) in [5.41, 5.74) is 0.453. The third kappa shape index (κ3) is 5.55. The number of rotatable bonds is 8. The molecule has 1 heterocycles. The molecule has 1 saturated heterocycles. The second-order valence-corrected chi connectivity index (χ2v) is 9.61. The Morgan fingerprint density at radius 2 is 1.36 bits per heavy atom. The Hall–Kier alpha value is -0.0400. The van der Waals surface area contributed by atoms with E-state index in [1.165, 1.54) is 45.2 Å². The van der Waals surface area contributed by atoms with Gasteiger partial charge < -0.3 is 0 Å². The fourth-order valence-electron chi connectivity index (χ4n) is 4.99. The molecule has 1 aliphatic rings. The van der Waals surface area contributed by atoms with Crippen molar-refractivity contribution in [1.29, 1.82) is 0 Å². The lowest BCUT2D eigenvalue weighted by molar-refractivity contribution is -0.0495. The van der Waals surface area contributed by atoms with E-state index in [4.69, 9.17) is 0 Å². The molecular formula is C21H43N. The van der Waals surface area contributed by atoms with Crippen LogP contribution in [0, 0.1) is 29.6 Å². The van der Waals surface area contributed by atoms with E-state index >= 15 is 0 Å². The van der Waals surface area contributed by atoms with Gasteiger partial charge in [-0.3, -0.25) is 4.90 Å². The van der Waals surface area contributed by atoms with E-state index in [0.29, 0.717) is 5.54 Å². The van der Waals surface area contributed by atoms with Gasteiger partial charge in [-0.25, -0.2) is 0 Å². The number of hydrogen-bond donors (Lipinski definition) is 0. The highest BCUT2D eigenvalue weighted by molar-refractivity contribution is 5.01. The van der Waals surface area contributed by atoms with Gasteiger partial charge in [0.25, 0.3) is 0 Å². The van der Waals surface area contributed by atoms with Gasteiger partial charge in [-0.1, -0.05) is 55.4 Å². The minimum absolute atomic E-state index is 0.453. The number of piperidine rings is 1. The van der Waals surface area contributed by atoms with Crippen LogP contribution in [0.15, 0.2) is 0 Å². The zero-order valence-electron chi connectivity index (χ0n) is 16.8. The average molecular weight is 310 g/mol. The summed E-state index contributed by atoms with van der Waals surface area (Å²) in [6.45, 7) is 21.9. The van der Waals surface area contributed by atoms with Crippen LogP contribution < -0.4 is 0 Å². The van der Waals surface area contributed by atoms with Gasteiger partial charge in [0.05, 0.1) is 0 Å². The summed E-state index contributed by atoms with van der Waals surface area (Å²) >= 11 is 0. The maximum Gasteiger partial charge on any atom is 0.0242 e. The van der Waals surface area contributed by atoms with Crippen molar-refractivity contribution < 1.29 is 0 Å². The normalized spacial score (nSPS) is 23.2. The molecule has 132 valence electrons. The fraction of sp³-hybridized carbons (Fsp3) is 1.00. The molecule has 1 fully saturated rings. The largest absolute Gasteiger partial charge is 0.297 e. The van der Waals surface area contributed by atoms with Crippen LogP contribution in [-0.2, 0) is 0 Å². The molecule has 0 aliphatic carbocycles. The van der Waals surface area contributed by atoms with Crippen LogP contribution in [0.4, 0.5) is 0 Å². The van der Waals surface area contributed by atoms with Crippen molar-refractivity contribution in [2.75, 3.05) is 13.1 Å². The molecule has 0 bridgehead atoms. The molecule has 1 rings (SSSR count). The van der Waals surface area contributed by atoms with Gasteiger partial charge in [0.1, 0.15) is 0 Å². The molecule has 1 aliphatic heterocycles. The van der Waals surface area contributed by atoms with Gasteiger partial charge in [0, 0.05) is 12.1 Å². The molecule has 1 heteroatoms. The quantitative estimate of drug-likeness (QED) is 0.513. The van der Waals surface area contributed by atoms with Crippen LogP contribution in [0.25, 0.3) is 0 Å². The summed E-state index contributed by atoms with van der Waals surface area (Å²) in [4.78, 5) is 2.92. The predicted octanol–water partition coefficient (Wildman–Crippen LogP) is 6.23. The monoisotopic (exact) mass is 309 g/mol. The standard InChI is InChI=1S/C21H43N/c1-16(2)12-20-10-9-11-22(15-19(7)8)21(20,13-17(3)4)14-18(5)6/h16-20H,9-15H2,1-8H3. The number of nitrogens with zero attached hydrogens (tertiary/aromatic N) is 1. The predicted molar refractivity (Wildman–Crippen MR) is 100 cm³/mol. The first-order valence-corrected chi connectivity index (χ1v) is 9.92. The van der Waals surface area contributed by atoms with Gasteiger partial charge in [0.2, 0.25) is 0 Å². The molecule has 0 saturated carbocycles. The smallest absolute Gasteiger partial charge is 0.0242 e. The summed E-state index contributed by atoms with van der Waals surface area (Å²) in [6.07, 6.45) is 7.03. The Kier molecular flexibility index (Phi) is 7.92. The minimum Gasteiger partial charge on any atom is -0.297 e. The molecule has 1 unspecified atom stereocenters. The van der Waals surface area contributed by atoms with Crippen LogP contribution in [0.3, 0.4) is 0 Å². The van der Waals surface area contributed by atoms with Crippen molar-refractivity contribution in [3.8, 4) is 0 Å². The van der Waals surface area contributed by atoms with Crippen LogP contribution in [-0.4, -0.2) is 23.5 Å². The molecule has 22 heavy (non-hydrogen) atoms. The topological polar surface area (TPSA) is 3.24 Å². The van der Waals surface area contributed by atoms with Gasteiger partial charge >= 0.3 is 0 Å². The lowest BCUT2D eigenvalue weighted by Gasteiger charge is -2.55. The molecule has 0 aromatic rings. The van der Waals surface area contributed by atoms with Crippen molar-refractivity contribution in [3.05, 3.63) is 0 Å². The van der Waals surface area contributed by atoms with Crippen molar-refractivity contribution in [2.24, 2.45) is 29.6 Å². The van der Waals surface area contributed by atoms with Crippen LogP contribution in [0.5, 0.6) is 0 Å². The van der Waals surface area contributed by atoms with Crippen molar-refractivity contribution in [3.63, 3.8) is 0 Å². The highest BCUT2D eigenvalue weighted by Gasteiger charge is 2.46. The Bertz CT molecular complexity index is 273. The first-order chi connectivity index (χ1) is 10.2. The van der Waals surface area contributed by atoms with E-state index in [9.17, 15) is 0 Å². The summed E-state index contributed by atoms with van der Waals surface area (Å²) in [6, 6.07) is 0. The second-order valence-electron chi connectivity index (χ2n) is 9.61. The molecule has 1 atom stereocenters. The molecule has 1 nitrogen and oxygen atoms in total. The maximum absolute atomic E-state index is 2.92. The lowest BCUT2D eigenvalue weighted by atomic mass is 9.65. The highest BCUT2D eigenvalue weighted by Crippen LogP contribution is 2.45. The average Bonchev–Trinajstić information content (AvgIpc) is 2.31. The molecular weight excluding hydrogens is 266 g/mol. The van der Waals surface area contributed by atoms with Crippen LogP contribution >= 0.6 is 0 Å². The zero-order chi connectivity index (χ0) is 16.9. The lowest BCUT2D eigenvalue weighted by Crippen LogP contribution is -2.59. The number of hydrogen-bond acceptors (Lipinski definition) is 1. The minimum atomic E-state index is 0.453. The molecule has 0 spiro atoms. The van der Waals surface area contributed by atoms with Crippen LogP contribution in [0.2, 0.25) is 0 Å². The molecule has 0 aromatic heterocycles. The summed E-state index contributed by atoms with van der Waals surface area (Å²) in [7, 11) is 0. The summed E-state index contributed by atoms with van der Waals surface area (Å²) in [5, 5.41) is 0. The van der Waals surface area contributed by atoms with Gasteiger partial charge in [0.15, 0.2) is 0 Å². The molecule has 0 radical (unpaired) electrons. The third-order valence-corrected chi connectivity index (χ3v) is 5.24. The SMILES string of the molecule is CC(C)CC1CCCN(CC(C)C)C1(CC(C)C)CC(C)C. The molecule has 0 amide bonds. The van der Waals surface area contributed by atoms with Gasteiger partial charge in [-0.05, 0) is 68.2 Å². The summed E-state index contributed by atoms with van der Waals surface area (Å²) < 4.78 is 0. The Morgan fingerprint density at radius 3 is 1.77 bits per heavy atom. The van der Waals surface area contributed by atoms with Crippen LogP contribution in [0.1, 0.15) is 87.5 Å². The van der Waals surface area contributed by atoms with E-state index in [0.717, 1.165) is 29.6 Å².